The third kappa shape index (κ3) is 5.00. The van der Waals surface area contributed by atoms with Gasteiger partial charge in [-0.05, 0) is 42.5 Å². The monoisotopic (exact) mass is 468 g/mol. The first kappa shape index (κ1) is 24.4. The van der Waals surface area contributed by atoms with Crippen LogP contribution >= 0.6 is 0 Å². The van der Waals surface area contributed by atoms with Gasteiger partial charge in [0.25, 0.3) is 0 Å². The molecule has 0 radical (unpaired) electrons. The number of likely N-dealkylation sites (tertiary alicyclic amines) is 1. The summed E-state index contributed by atoms with van der Waals surface area (Å²) in [5, 5.41) is 14.6. The van der Waals surface area contributed by atoms with E-state index in [1.54, 1.807) is 21.3 Å². The predicted molar refractivity (Wildman–Crippen MR) is 130 cm³/mol. The van der Waals surface area contributed by atoms with Crippen molar-refractivity contribution in [2.24, 2.45) is 5.92 Å². The number of aliphatic hydroxyl groups is 1. The van der Waals surface area contributed by atoms with Gasteiger partial charge >= 0.3 is 0 Å². The highest BCUT2D eigenvalue weighted by molar-refractivity contribution is 5.78. The zero-order valence-corrected chi connectivity index (χ0v) is 20.4. The molecular formula is C27H36N2O5. The first-order chi connectivity index (χ1) is 16.5. The van der Waals surface area contributed by atoms with Crippen molar-refractivity contribution in [3.8, 4) is 17.2 Å². The Morgan fingerprint density at radius 3 is 2.41 bits per heavy atom. The quantitative estimate of drug-likeness (QED) is 0.615. The second kappa shape index (κ2) is 10.7. The van der Waals surface area contributed by atoms with E-state index in [4.69, 9.17) is 14.2 Å². The SMILES string of the molecule is COc1cc([C@@H]2[C@@H]3CCCC[C@]3(O)CCN2CC(=O)NCc2ccccc2)cc(OC)c1OC. The lowest BCUT2D eigenvalue weighted by atomic mass is 9.66. The number of nitrogens with zero attached hydrogens (tertiary/aromatic N) is 1. The number of piperidine rings is 1. The zero-order chi connectivity index (χ0) is 24.1. The number of rotatable bonds is 8. The summed E-state index contributed by atoms with van der Waals surface area (Å²) in [6.45, 7) is 1.41. The van der Waals surface area contributed by atoms with Crippen molar-refractivity contribution < 1.29 is 24.1 Å². The van der Waals surface area contributed by atoms with Gasteiger partial charge in [-0.15, -0.1) is 0 Å². The van der Waals surface area contributed by atoms with Crippen LogP contribution in [0, 0.1) is 5.92 Å². The summed E-state index contributed by atoms with van der Waals surface area (Å²) in [5.74, 6) is 1.70. The minimum atomic E-state index is -0.722. The van der Waals surface area contributed by atoms with Crippen molar-refractivity contribution in [1.82, 2.24) is 10.2 Å². The van der Waals surface area contributed by atoms with Crippen LogP contribution in [0.3, 0.4) is 0 Å². The minimum Gasteiger partial charge on any atom is -0.493 e. The number of hydrogen-bond acceptors (Lipinski definition) is 6. The van der Waals surface area contributed by atoms with E-state index in [1.165, 1.54) is 0 Å². The van der Waals surface area contributed by atoms with Crippen LogP contribution in [0.5, 0.6) is 17.2 Å². The van der Waals surface area contributed by atoms with Gasteiger partial charge < -0.3 is 24.6 Å². The molecule has 7 heteroatoms. The Morgan fingerprint density at radius 1 is 1.06 bits per heavy atom. The number of amides is 1. The standard InChI is InChI=1S/C27H36N2O5/c1-32-22-15-20(16-23(33-2)26(22)34-3)25-21-11-7-8-12-27(21,31)13-14-29(25)18-24(30)28-17-19-9-5-4-6-10-19/h4-6,9-10,15-16,21,25,31H,7-8,11-14,17-18H2,1-3H3,(H,28,30)/t21-,25+,27-/m0/s1. The second-order valence-corrected chi connectivity index (χ2v) is 9.34. The maximum Gasteiger partial charge on any atom is 0.234 e. The maximum absolute atomic E-state index is 13.0. The highest BCUT2D eigenvalue weighted by Gasteiger charge is 2.49. The molecule has 7 nitrogen and oxygen atoms in total. The topological polar surface area (TPSA) is 80.3 Å². The first-order valence-electron chi connectivity index (χ1n) is 12.1. The molecule has 3 atom stereocenters. The summed E-state index contributed by atoms with van der Waals surface area (Å²) in [6, 6.07) is 13.7. The van der Waals surface area contributed by atoms with Gasteiger partial charge in [-0.1, -0.05) is 43.2 Å². The van der Waals surface area contributed by atoms with Crippen molar-refractivity contribution in [1.29, 1.82) is 0 Å². The molecule has 1 aliphatic carbocycles. The molecule has 0 bridgehead atoms. The zero-order valence-electron chi connectivity index (χ0n) is 20.4. The van der Waals surface area contributed by atoms with Gasteiger partial charge in [0.2, 0.25) is 11.7 Å². The Hall–Kier alpha value is -2.77. The molecular weight excluding hydrogens is 432 g/mol. The molecule has 184 valence electrons. The van der Waals surface area contributed by atoms with Gasteiger partial charge in [0.1, 0.15) is 0 Å². The van der Waals surface area contributed by atoms with Crippen LogP contribution < -0.4 is 19.5 Å². The van der Waals surface area contributed by atoms with Crippen molar-refractivity contribution in [2.75, 3.05) is 34.4 Å². The fourth-order valence-electron chi connectivity index (χ4n) is 5.67. The van der Waals surface area contributed by atoms with Crippen molar-refractivity contribution in [3.05, 3.63) is 53.6 Å². The molecule has 2 aromatic rings. The largest absolute Gasteiger partial charge is 0.493 e. The molecule has 2 aliphatic rings. The number of benzene rings is 2. The second-order valence-electron chi connectivity index (χ2n) is 9.34. The lowest BCUT2D eigenvalue weighted by Gasteiger charge is -2.52. The normalized spacial score (nSPS) is 24.7. The summed E-state index contributed by atoms with van der Waals surface area (Å²) in [5.41, 5.74) is 1.31. The van der Waals surface area contributed by atoms with Gasteiger partial charge in [-0.2, -0.15) is 0 Å². The van der Waals surface area contributed by atoms with Crippen LogP contribution in [0.15, 0.2) is 42.5 Å². The van der Waals surface area contributed by atoms with E-state index in [0.717, 1.165) is 36.8 Å². The fourth-order valence-corrected chi connectivity index (χ4v) is 5.67. The Balaban J connectivity index is 1.62. The van der Waals surface area contributed by atoms with Gasteiger partial charge in [0.15, 0.2) is 11.5 Å². The molecule has 2 fully saturated rings. The number of ether oxygens (including phenoxy) is 3. The first-order valence-corrected chi connectivity index (χ1v) is 12.1. The van der Waals surface area contributed by atoms with Gasteiger partial charge in [0.05, 0.1) is 33.5 Å². The van der Waals surface area contributed by atoms with Gasteiger partial charge in [-0.25, -0.2) is 0 Å². The van der Waals surface area contributed by atoms with Crippen molar-refractivity contribution in [3.63, 3.8) is 0 Å². The molecule has 4 rings (SSSR count). The van der Waals surface area contributed by atoms with Crippen LogP contribution in [-0.4, -0.2) is 55.9 Å². The molecule has 0 aromatic heterocycles. The summed E-state index contributed by atoms with van der Waals surface area (Å²) in [7, 11) is 4.80. The number of carbonyl (C=O) groups is 1. The van der Waals surface area contributed by atoms with Crippen LogP contribution in [0.4, 0.5) is 0 Å². The van der Waals surface area contributed by atoms with E-state index in [2.05, 4.69) is 10.2 Å². The predicted octanol–water partition coefficient (Wildman–Crippen LogP) is 3.70. The van der Waals surface area contributed by atoms with Crippen LogP contribution in [-0.2, 0) is 11.3 Å². The van der Waals surface area contributed by atoms with E-state index in [-0.39, 0.29) is 24.4 Å². The van der Waals surface area contributed by atoms with Gasteiger partial charge in [0, 0.05) is 25.0 Å². The summed E-state index contributed by atoms with van der Waals surface area (Å²) >= 11 is 0. The molecule has 0 unspecified atom stereocenters. The Labute approximate surface area is 202 Å². The Morgan fingerprint density at radius 2 is 1.76 bits per heavy atom. The molecule has 1 aliphatic heterocycles. The van der Waals surface area contributed by atoms with Crippen LogP contribution in [0.1, 0.15) is 49.3 Å². The number of fused-ring (bicyclic) bond motifs is 1. The lowest BCUT2D eigenvalue weighted by molar-refractivity contribution is -0.138. The van der Waals surface area contributed by atoms with E-state index in [1.807, 2.05) is 42.5 Å². The average Bonchev–Trinajstić information content (AvgIpc) is 2.87. The number of hydrogen-bond donors (Lipinski definition) is 2. The summed E-state index contributed by atoms with van der Waals surface area (Å²) < 4.78 is 16.7. The van der Waals surface area contributed by atoms with E-state index >= 15 is 0 Å². The molecule has 1 heterocycles. The molecule has 34 heavy (non-hydrogen) atoms. The smallest absolute Gasteiger partial charge is 0.234 e. The van der Waals surface area contributed by atoms with Crippen molar-refractivity contribution >= 4 is 5.91 Å². The number of nitrogens with one attached hydrogen (secondary N) is 1. The Bertz CT molecular complexity index is 957. The van der Waals surface area contributed by atoms with E-state index in [9.17, 15) is 9.90 Å². The molecule has 1 saturated carbocycles. The number of carbonyl (C=O) groups excluding carboxylic acids is 1. The van der Waals surface area contributed by atoms with E-state index in [0.29, 0.717) is 36.8 Å². The molecule has 0 spiro atoms. The average molecular weight is 469 g/mol. The summed E-state index contributed by atoms with van der Waals surface area (Å²) in [6.07, 6.45) is 4.49. The fraction of sp³-hybridized carbons (Fsp3) is 0.519. The Kier molecular flexibility index (Phi) is 7.63. The lowest BCUT2D eigenvalue weighted by Crippen LogP contribution is -2.56. The highest BCUT2D eigenvalue weighted by atomic mass is 16.5. The van der Waals surface area contributed by atoms with Crippen LogP contribution in [0.2, 0.25) is 0 Å². The summed E-state index contributed by atoms with van der Waals surface area (Å²) in [4.78, 5) is 15.2. The highest BCUT2D eigenvalue weighted by Crippen LogP contribution is 2.51. The van der Waals surface area contributed by atoms with Crippen LogP contribution in [0.25, 0.3) is 0 Å². The van der Waals surface area contributed by atoms with Gasteiger partial charge in [-0.3, -0.25) is 9.69 Å². The third-order valence-corrected chi connectivity index (χ3v) is 7.38. The number of methoxy groups -OCH3 is 3. The van der Waals surface area contributed by atoms with Crippen molar-refractivity contribution in [2.45, 2.75) is 50.3 Å². The molecule has 2 aromatic carbocycles. The third-order valence-electron chi connectivity index (χ3n) is 7.38. The van der Waals surface area contributed by atoms with E-state index < -0.39 is 5.60 Å². The molecule has 1 amide bonds. The molecule has 1 saturated heterocycles. The maximum atomic E-state index is 13.0. The molecule has 2 N–H and O–H groups in total. The minimum absolute atomic E-state index is 0.0254.